The van der Waals surface area contributed by atoms with Gasteiger partial charge in [-0.3, -0.25) is 4.90 Å². The molecule has 0 aliphatic carbocycles. The first-order valence-electron chi connectivity index (χ1n) is 6.61. The number of β-amino-alcohol motifs (C(OH)–C–C–N with tert-alkyl or cyclic N) is 1. The molecule has 122 valence electrons. The van der Waals surface area contributed by atoms with Crippen LogP contribution in [0.2, 0.25) is 0 Å². The van der Waals surface area contributed by atoms with Gasteiger partial charge in [0.1, 0.15) is 12.7 Å². The lowest BCUT2D eigenvalue weighted by atomic mass is 10.2. The van der Waals surface area contributed by atoms with Crippen LogP contribution in [-0.2, 0) is 0 Å². The predicted octanol–water partition coefficient (Wildman–Crippen LogP) is 1.66. The van der Waals surface area contributed by atoms with Crippen LogP contribution in [0.15, 0.2) is 24.3 Å². The molecule has 1 N–H and O–H groups in total. The van der Waals surface area contributed by atoms with E-state index in [-0.39, 0.29) is 37.2 Å². The van der Waals surface area contributed by atoms with Crippen molar-refractivity contribution in [1.82, 2.24) is 9.80 Å². The standard InChI is InChI=1S/C14H21FN2O2.2ClH/c1-16-6-8-17(9-7-16)10-12(18)11-19-14-5-3-2-4-13(14)15;;/h2-5,12,18H,6-11H2,1H3;2*1H. The van der Waals surface area contributed by atoms with E-state index in [1.165, 1.54) is 6.07 Å². The number of hydrogen-bond donors (Lipinski definition) is 1. The van der Waals surface area contributed by atoms with Crippen LogP contribution in [0, 0.1) is 5.82 Å². The van der Waals surface area contributed by atoms with Crippen LogP contribution in [0.5, 0.6) is 5.75 Å². The number of rotatable bonds is 5. The van der Waals surface area contributed by atoms with Crippen molar-refractivity contribution in [1.29, 1.82) is 0 Å². The summed E-state index contributed by atoms with van der Waals surface area (Å²) in [6.45, 7) is 4.62. The Morgan fingerprint density at radius 3 is 2.43 bits per heavy atom. The number of hydrogen-bond acceptors (Lipinski definition) is 4. The molecule has 0 bridgehead atoms. The zero-order valence-electron chi connectivity index (χ0n) is 12.1. The van der Waals surface area contributed by atoms with E-state index >= 15 is 0 Å². The SMILES string of the molecule is CN1CCN(CC(O)COc2ccccc2F)CC1.Cl.Cl. The number of aliphatic hydroxyl groups is 1. The minimum absolute atomic E-state index is 0. The lowest BCUT2D eigenvalue weighted by molar-refractivity contribution is 0.0495. The zero-order valence-corrected chi connectivity index (χ0v) is 13.7. The molecule has 7 heteroatoms. The van der Waals surface area contributed by atoms with E-state index < -0.39 is 11.9 Å². The van der Waals surface area contributed by atoms with Crippen molar-refractivity contribution in [3.8, 4) is 5.75 Å². The third-order valence-corrected chi connectivity index (χ3v) is 3.33. The summed E-state index contributed by atoms with van der Waals surface area (Å²) in [5.41, 5.74) is 0. The number of para-hydroxylation sites is 1. The molecule has 0 spiro atoms. The molecule has 2 rings (SSSR count). The minimum Gasteiger partial charge on any atom is -0.488 e. The summed E-state index contributed by atoms with van der Waals surface area (Å²) in [6, 6.07) is 6.24. The average molecular weight is 341 g/mol. The van der Waals surface area contributed by atoms with Crippen molar-refractivity contribution in [2.75, 3.05) is 46.4 Å². The summed E-state index contributed by atoms with van der Waals surface area (Å²) in [4.78, 5) is 4.47. The molecule has 1 aromatic rings. The summed E-state index contributed by atoms with van der Waals surface area (Å²) >= 11 is 0. The van der Waals surface area contributed by atoms with Gasteiger partial charge < -0.3 is 14.7 Å². The zero-order chi connectivity index (χ0) is 13.7. The smallest absolute Gasteiger partial charge is 0.165 e. The van der Waals surface area contributed by atoms with Crippen molar-refractivity contribution in [2.45, 2.75) is 6.10 Å². The van der Waals surface area contributed by atoms with E-state index in [2.05, 4.69) is 16.8 Å². The summed E-state index contributed by atoms with van der Waals surface area (Å²) in [6.07, 6.45) is -0.594. The highest BCUT2D eigenvalue weighted by atomic mass is 35.5. The van der Waals surface area contributed by atoms with Crippen LogP contribution < -0.4 is 4.74 Å². The summed E-state index contributed by atoms with van der Waals surface area (Å²) in [5, 5.41) is 9.92. The first kappa shape index (κ1) is 20.4. The van der Waals surface area contributed by atoms with Gasteiger partial charge in [-0.05, 0) is 19.2 Å². The van der Waals surface area contributed by atoms with Crippen molar-refractivity contribution in [3.05, 3.63) is 30.1 Å². The van der Waals surface area contributed by atoms with Crippen LogP contribution in [0.3, 0.4) is 0 Å². The summed E-state index contributed by atoms with van der Waals surface area (Å²) in [5.74, 6) is -0.200. The molecule has 1 atom stereocenters. The maximum absolute atomic E-state index is 13.3. The topological polar surface area (TPSA) is 35.9 Å². The highest BCUT2D eigenvalue weighted by molar-refractivity contribution is 5.85. The summed E-state index contributed by atoms with van der Waals surface area (Å²) in [7, 11) is 2.09. The van der Waals surface area contributed by atoms with Gasteiger partial charge in [0, 0.05) is 32.7 Å². The van der Waals surface area contributed by atoms with Gasteiger partial charge in [0.25, 0.3) is 0 Å². The van der Waals surface area contributed by atoms with Gasteiger partial charge in [-0.2, -0.15) is 0 Å². The molecule has 1 aromatic carbocycles. The number of piperazine rings is 1. The fourth-order valence-electron chi connectivity index (χ4n) is 2.13. The van der Waals surface area contributed by atoms with Crippen molar-refractivity contribution >= 4 is 24.8 Å². The predicted molar refractivity (Wildman–Crippen MR) is 86.3 cm³/mol. The molecule has 1 aliphatic rings. The Labute approximate surface area is 137 Å². The van der Waals surface area contributed by atoms with Crippen LogP contribution in [0.1, 0.15) is 0 Å². The number of ether oxygens (including phenoxy) is 1. The van der Waals surface area contributed by atoms with E-state index in [4.69, 9.17) is 4.74 Å². The Morgan fingerprint density at radius 2 is 1.81 bits per heavy atom. The Hall–Kier alpha value is -0.590. The molecule has 4 nitrogen and oxygen atoms in total. The number of nitrogens with zero attached hydrogens (tertiary/aromatic N) is 2. The molecule has 0 amide bonds. The molecule has 1 fully saturated rings. The first-order valence-corrected chi connectivity index (χ1v) is 6.61. The minimum atomic E-state index is -0.594. The van der Waals surface area contributed by atoms with Gasteiger partial charge in [0.05, 0.1) is 0 Å². The molecule has 21 heavy (non-hydrogen) atoms. The van der Waals surface area contributed by atoms with Crippen molar-refractivity contribution in [3.63, 3.8) is 0 Å². The van der Waals surface area contributed by atoms with Gasteiger partial charge in [0.15, 0.2) is 11.6 Å². The van der Waals surface area contributed by atoms with E-state index in [1.807, 2.05) is 0 Å². The quantitative estimate of drug-likeness (QED) is 0.884. The normalized spacial score (nSPS) is 17.5. The molecule has 0 radical (unpaired) electrons. The monoisotopic (exact) mass is 340 g/mol. The molecular formula is C14H23Cl2FN2O2. The van der Waals surface area contributed by atoms with Gasteiger partial charge in [-0.15, -0.1) is 24.8 Å². The Morgan fingerprint density at radius 1 is 1.19 bits per heavy atom. The third-order valence-electron chi connectivity index (χ3n) is 3.33. The van der Waals surface area contributed by atoms with Crippen LogP contribution in [0.25, 0.3) is 0 Å². The number of halogens is 3. The lowest BCUT2D eigenvalue weighted by Crippen LogP contribution is -2.47. The largest absolute Gasteiger partial charge is 0.488 e. The maximum Gasteiger partial charge on any atom is 0.165 e. The second-order valence-electron chi connectivity index (χ2n) is 5.00. The summed E-state index contributed by atoms with van der Waals surface area (Å²) < 4.78 is 18.6. The number of benzene rings is 1. The second kappa shape index (κ2) is 10.2. The molecule has 1 heterocycles. The van der Waals surface area contributed by atoms with E-state index in [0.717, 1.165) is 26.2 Å². The highest BCUT2D eigenvalue weighted by Crippen LogP contribution is 2.15. The Balaban J connectivity index is 0.00000200. The Bertz CT molecular complexity index is 404. The molecule has 1 unspecified atom stereocenters. The maximum atomic E-state index is 13.3. The lowest BCUT2D eigenvalue weighted by Gasteiger charge is -2.33. The second-order valence-corrected chi connectivity index (χ2v) is 5.00. The van der Waals surface area contributed by atoms with Gasteiger partial charge in [-0.25, -0.2) is 4.39 Å². The van der Waals surface area contributed by atoms with Gasteiger partial charge >= 0.3 is 0 Å². The van der Waals surface area contributed by atoms with E-state index in [9.17, 15) is 9.50 Å². The molecule has 1 saturated heterocycles. The fourth-order valence-corrected chi connectivity index (χ4v) is 2.13. The molecular weight excluding hydrogens is 318 g/mol. The number of aliphatic hydroxyl groups excluding tert-OH is 1. The highest BCUT2D eigenvalue weighted by Gasteiger charge is 2.17. The third kappa shape index (κ3) is 6.80. The molecule has 0 aromatic heterocycles. The van der Waals surface area contributed by atoms with Gasteiger partial charge in [-0.1, -0.05) is 12.1 Å². The fraction of sp³-hybridized carbons (Fsp3) is 0.571. The first-order chi connectivity index (χ1) is 9.15. The average Bonchev–Trinajstić information content (AvgIpc) is 2.40. The molecule has 0 saturated carbocycles. The van der Waals surface area contributed by atoms with Gasteiger partial charge in [0.2, 0.25) is 0 Å². The van der Waals surface area contributed by atoms with Crippen molar-refractivity contribution in [2.24, 2.45) is 0 Å². The van der Waals surface area contributed by atoms with E-state index in [1.54, 1.807) is 18.2 Å². The van der Waals surface area contributed by atoms with Crippen LogP contribution in [0.4, 0.5) is 4.39 Å². The van der Waals surface area contributed by atoms with E-state index in [0.29, 0.717) is 6.54 Å². The van der Waals surface area contributed by atoms with Crippen molar-refractivity contribution < 1.29 is 14.2 Å². The Kier molecular flexibility index (Phi) is 9.90. The van der Waals surface area contributed by atoms with Crippen LogP contribution in [-0.4, -0.2) is 67.4 Å². The molecule has 1 aliphatic heterocycles. The van der Waals surface area contributed by atoms with Crippen LogP contribution >= 0.6 is 24.8 Å². The number of likely N-dealkylation sites (N-methyl/N-ethyl adjacent to an activating group) is 1.